The number of hydrogen-bond acceptors (Lipinski definition) is 6. The van der Waals surface area contributed by atoms with Crippen LogP contribution >= 0.6 is 22.9 Å². The van der Waals surface area contributed by atoms with Crippen molar-refractivity contribution in [2.75, 3.05) is 6.61 Å². The molecule has 0 aliphatic rings. The fourth-order valence-corrected chi connectivity index (χ4v) is 3.83. The van der Waals surface area contributed by atoms with Crippen molar-refractivity contribution in [3.8, 4) is 5.13 Å². The van der Waals surface area contributed by atoms with Crippen LogP contribution in [0.4, 0.5) is 0 Å². The maximum Gasteiger partial charge on any atom is 0.306 e. The van der Waals surface area contributed by atoms with Gasteiger partial charge in [0.05, 0.1) is 6.42 Å². The first-order valence-corrected chi connectivity index (χ1v) is 10.2. The van der Waals surface area contributed by atoms with Crippen LogP contribution in [0.1, 0.15) is 44.9 Å². The summed E-state index contributed by atoms with van der Waals surface area (Å²) in [6.07, 6.45) is 1.62. The molecule has 0 atom stereocenters. The van der Waals surface area contributed by atoms with Gasteiger partial charge < -0.3 is 4.74 Å². The van der Waals surface area contributed by atoms with Crippen LogP contribution in [0.15, 0.2) is 41.9 Å². The lowest BCUT2D eigenvalue weighted by atomic mass is 10.1. The first-order valence-electron chi connectivity index (χ1n) is 8.93. The van der Waals surface area contributed by atoms with E-state index in [1.807, 2.05) is 23.8 Å². The summed E-state index contributed by atoms with van der Waals surface area (Å²) in [5.41, 5.74) is 2.59. The molecule has 0 saturated carbocycles. The normalized spacial score (nSPS) is 10.7. The summed E-state index contributed by atoms with van der Waals surface area (Å²) in [6.45, 7) is 3.35. The quantitative estimate of drug-likeness (QED) is 0.385. The zero-order chi connectivity index (χ0) is 21.0. The zero-order valence-corrected chi connectivity index (χ0v) is 17.5. The zero-order valence-electron chi connectivity index (χ0n) is 16.0. The number of esters is 1. The highest BCUT2D eigenvalue weighted by Gasteiger charge is 2.19. The Kier molecular flexibility index (Phi) is 6.61. The van der Waals surface area contributed by atoms with E-state index in [4.69, 9.17) is 16.3 Å². The molecule has 0 fully saturated rings. The van der Waals surface area contributed by atoms with Crippen molar-refractivity contribution >= 4 is 40.5 Å². The lowest BCUT2D eigenvalue weighted by molar-refractivity contribution is -0.142. The molecule has 8 heteroatoms. The van der Waals surface area contributed by atoms with E-state index >= 15 is 0 Å². The van der Waals surface area contributed by atoms with Crippen LogP contribution in [0.2, 0.25) is 5.02 Å². The summed E-state index contributed by atoms with van der Waals surface area (Å²) < 4.78 is 6.97. The van der Waals surface area contributed by atoms with E-state index in [2.05, 4.69) is 4.98 Å². The number of carbonyl (C=O) groups is 3. The fourth-order valence-electron chi connectivity index (χ4n) is 2.96. The van der Waals surface area contributed by atoms with Gasteiger partial charge in [-0.15, -0.1) is 11.3 Å². The lowest BCUT2D eigenvalue weighted by Gasteiger charge is -2.06. The van der Waals surface area contributed by atoms with Crippen molar-refractivity contribution < 1.29 is 19.1 Å². The number of benzene rings is 1. The number of Topliss-reactive ketones (excluding diaryl/α,β-unsaturated/α-hetero) is 2. The van der Waals surface area contributed by atoms with Gasteiger partial charge in [-0.05, 0) is 44.2 Å². The minimum Gasteiger partial charge on any atom is -0.457 e. The fraction of sp³-hybridized carbons (Fsp3) is 0.238. The first-order chi connectivity index (χ1) is 13.9. The third-order valence-corrected chi connectivity index (χ3v) is 5.44. The molecule has 3 rings (SSSR count). The SMILES string of the molecule is Cc1cc(C(=O)COC(=O)CCC(=O)c2ccc(Cl)cc2)c(C)n1-c1nccs1. The number of nitrogens with zero attached hydrogens (tertiary/aromatic N) is 2. The molecule has 6 nitrogen and oxygen atoms in total. The molecule has 0 saturated heterocycles. The second-order valence-corrected chi connectivity index (χ2v) is 7.76. The Balaban J connectivity index is 1.54. The third-order valence-electron chi connectivity index (χ3n) is 4.43. The average Bonchev–Trinajstić information content (AvgIpc) is 3.32. The molecule has 29 heavy (non-hydrogen) atoms. The largest absolute Gasteiger partial charge is 0.457 e. The highest BCUT2D eigenvalue weighted by molar-refractivity contribution is 7.12. The van der Waals surface area contributed by atoms with Gasteiger partial charge in [-0.25, -0.2) is 4.98 Å². The molecule has 150 valence electrons. The van der Waals surface area contributed by atoms with Gasteiger partial charge in [0.2, 0.25) is 5.78 Å². The van der Waals surface area contributed by atoms with Crippen molar-refractivity contribution in [2.24, 2.45) is 0 Å². The van der Waals surface area contributed by atoms with Crippen LogP contribution in [0, 0.1) is 13.8 Å². The van der Waals surface area contributed by atoms with Crippen molar-refractivity contribution in [1.82, 2.24) is 9.55 Å². The van der Waals surface area contributed by atoms with Crippen molar-refractivity contribution in [3.05, 3.63) is 69.4 Å². The van der Waals surface area contributed by atoms with Crippen LogP contribution in [0.3, 0.4) is 0 Å². The Hall–Kier alpha value is -2.77. The number of thiazole rings is 1. The van der Waals surface area contributed by atoms with Gasteiger partial charge in [0.1, 0.15) is 0 Å². The average molecular weight is 431 g/mol. The minimum absolute atomic E-state index is 0.00716. The number of aromatic nitrogens is 2. The van der Waals surface area contributed by atoms with Crippen LogP contribution in [0.5, 0.6) is 0 Å². The number of ketones is 2. The van der Waals surface area contributed by atoms with Crippen molar-refractivity contribution in [2.45, 2.75) is 26.7 Å². The molecule has 0 bridgehead atoms. The van der Waals surface area contributed by atoms with E-state index in [9.17, 15) is 14.4 Å². The smallest absolute Gasteiger partial charge is 0.306 e. The van der Waals surface area contributed by atoms with Gasteiger partial charge in [0.15, 0.2) is 17.5 Å². The van der Waals surface area contributed by atoms with Crippen LogP contribution < -0.4 is 0 Å². The number of ether oxygens (including phenoxy) is 1. The topological polar surface area (TPSA) is 78.3 Å². The number of hydrogen-bond donors (Lipinski definition) is 0. The third kappa shape index (κ3) is 4.99. The van der Waals surface area contributed by atoms with Gasteiger partial charge in [0, 0.05) is 45.5 Å². The van der Waals surface area contributed by atoms with Gasteiger partial charge in [-0.3, -0.25) is 19.0 Å². The number of halogens is 1. The maximum atomic E-state index is 12.5. The van der Waals surface area contributed by atoms with Crippen LogP contribution in [-0.4, -0.2) is 33.7 Å². The second-order valence-electron chi connectivity index (χ2n) is 6.45. The van der Waals surface area contributed by atoms with E-state index < -0.39 is 5.97 Å². The molecule has 0 aliphatic heterocycles. The van der Waals surface area contributed by atoms with E-state index in [0.29, 0.717) is 16.1 Å². The molecule has 3 aromatic rings. The van der Waals surface area contributed by atoms with Gasteiger partial charge >= 0.3 is 5.97 Å². The predicted octanol–water partition coefficient (Wildman–Crippen LogP) is 4.59. The summed E-state index contributed by atoms with van der Waals surface area (Å²) in [7, 11) is 0. The number of rotatable bonds is 8. The molecular weight excluding hydrogens is 412 g/mol. The van der Waals surface area contributed by atoms with E-state index in [-0.39, 0.29) is 31.0 Å². The molecule has 0 spiro atoms. The van der Waals surface area contributed by atoms with Crippen molar-refractivity contribution in [3.63, 3.8) is 0 Å². The summed E-state index contributed by atoms with van der Waals surface area (Å²) in [5, 5.41) is 3.17. The highest BCUT2D eigenvalue weighted by Crippen LogP contribution is 2.22. The first kappa shape index (κ1) is 21.0. The predicted molar refractivity (Wildman–Crippen MR) is 111 cm³/mol. The molecule has 2 heterocycles. The molecule has 0 amide bonds. The maximum absolute atomic E-state index is 12.5. The lowest BCUT2D eigenvalue weighted by Crippen LogP contribution is -2.15. The summed E-state index contributed by atoms with van der Waals surface area (Å²) in [5.74, 6) is -1.07. The Morgan fingerprint density at radius 1 is 1.10 bits per heavy atom. The standard InChI is InChI=1S/C21H19ClN2O4S/c1-13-11-17(14(2)24(13)21-23-9-10-29-21)19(26)12-28-20(27)8-7-18(25)15-3-5-16(22)6-4-15/h3-6,9-11H,7-8,12H2,1-2H3. The monoisotopic (exact) mass is 430 g/mol. The van der Waals surface area contributed by atoms with E-state index in [1.54, 1.807) is 36.5 Å². The van der Waals surface area contributed by atoms with Crippen LogP contribution in [-0.2, 0) is 9.53 Å². The molecule has 0 unspecified atom stereocenters. The Labute approximate surface area is 177 Å². The van der Waals surface area contributed by atoms with E-state index in [1.165, 1.54) is 11.3 Å². The summed E-state index contributed by atoms with van der Waals surface area (Å²) in [4.78, 5) is 40.8. The van der Waals surface area contributed by atoms with Gasteiger partial charge in [-0.1, -0.05) is 11.6 Å². The Morgan fingerprint density at radius 2 is 1.83 bits per heavy atom. The Bertz CT molecular complexity index is 1040. The summed E-state index contributed by atoms with van der Waals surface area (Å²) in [6, 6.07) is 8.22. The van der Waals surface area contributed by atoms with Crippen LogP contribution in [0.25, 0.3) is 5.13 Å². The molecule has 0 N–H and O–H groups in total. The van der Waals surface area contributed by atoms with Gasteiger partial charge in [-0.2, -0.15) is 0 Å². The molecule has 0 radical (unpaired) electrons. The summed E-state index contributed by atoms with van der Waals surface area (Å²) >= 11 is 7.27. The molecular formula is C21H19ClN2O4S. The molecule has 2 aromatic heterocycles. The molecule has 1 aromatic carbocycles. The number of carbonyl (C=O) groups excluding carboxylic acids is 3. The second kappa shape index (κ2) is 9.15. The van der Waals surface area contributed by atoms with Crippen molar-refractivity contribution in [1.29, 1.82) is 0 Å². The van der Waals surface area contributed by atoms with Gasteiger partial charge in [0.25, 0.3) is 0 Å². The minimum atomic E-state index is -0.589. The Morgan fingerprint density at radius 3 is 2.48 bits per heavy atom. The van der Waals surface area contributed by atoms with E-state index in [0.717, 1.165) is 16.5 Å². The molecule has 0 aliphatic carbocycles. The number of aryl methyl sites for hydroxylation is 1. The highest BCUT2D eigenvalue weighted by atomic mass is 35.5.